The zero-order chi connectivity index (χ0) is 40.4. The number of esters is 3. The first kappa shape index (κ1) is 46.7. The highest BCUT2D eigenvalue weighted by molar-refractivity contribution is 6.30. The number of ketones is 1. The van der Waals surface area contributed by atoms with Crippen molar-refractivity contribution in [3.05, 3.63) is 64.7 Å². The van der Waals surface area contributed by atoms with Gasteiger partial charge in [-0.3, -0.25) is 14.4 Å². The Morgan fingerprint density at radius 1 is 0.593 bits per heavy atom. The van der Waals surface area contributed by atoms with E-state index in [1.807, 2.05) is 41.5 Å². The van der Waals surface area contributed by atoms with E-state index in [4.69, 9.17) is 35.3 Å². The third kappa shape index (κ3) is 15.7. The molecule has 0 aliphatic carbocycles. The number of carbonyl (C=O) groups excluding carboxylic acids is 4. The predicted molar refractivity (Wildman–Crippen MR) is 213 cm³/mol. The van der Waals surface area contributed by atoms with Crippen molar-refractivity contribution in [2.75, 3.05) is 20.3 Å². The Hall–Kier alpha value is -3.43. The lowest BCUT2D eigenvalue weighted by Gasteiger charge is -2.31. The third-order valence-corrected chi connectivity index (χ3v) is 10.1. The van der Waals surface area contributed by atoms with Crippen LogP contribution >= 0.6 is 11.6 Å². The molecule has 0 heterocycles. The second-order valence-corrected chi connectivity index (χ2v) is 16.2. The molecule has 0 bridgehead atoms. The Kier molecular flexibility index (Phi) is 19.8. The smallest absolute Gasteiger partial charge is 0.350 e. The van der Waals surface area contributed by atoms with E-state index in [-0.39, 0.29) is 23.8 Å². The molecule has 2 aromatic carbocycles. The maximum absolute atomic E-state index is 13.7. The molecular formula is C44H65ClO9. The lowest BCUT2D eigenvalue weighted by molar-refractivity contribution is -0.173. The minimum atomic E-state index is -1.32. The maximum Gasteiger partial charge on any atom is 0.350 e. The SMILES string of the molecule is CCOC(=O)C(C)(C)CCCCCC[C@H](OC(=O)C(C)(C)Oc1ccc(C(=O)c2ccc(Cl)cc2)cc1)[C@@H](CCCCCCC(C)(C)C(=O)OCC)OC. The number of unbranched alkanes of at least 4 members (excludes halogenated alkanes) is 6. The minimum Gasteiger partial charge on any atom is -0.476 e. The summed E-state index contributed by atoms with van der Waals surface area (Å²) < 4.78 is 28.7. The molecule has 54 heavy (non-hydrogen) atoms. The van der Waals surface area contributed by atoms with Crippen LogP contribution in [-0.4, -0.2) is 61.8 Å². The van der Waals surface area contributed by atoms with Crippen LogP contribution in [0.1, 0.15) is 148 Å². The highest BCUT2D eigenvalue weighted by atomic mass is 35.5. The van der Waals surface area contributed by atoms with Crippen LogP contribution in [0.15, 0.2) is 48.5 Å². The number of hydrogen-bond acceptors (Lipinski definition) is 9. The Morgan fingerprint density at radius 3 is 1.46 bits per heavy atom. The molecule has 0 radical (unpaired) electrons. The summed E-state index contributed by atoms with van der Waals surface area (Å²) in [4.78, 5) is 51.2. The summed E-state index contributed by atoms with van der Waals surface area (Å²) in [5.41, 5.74) is -1.34. The molecule has 302 valence electrons. The van der Waals surface area contributed by atoms with Crippen LogP contribution in [-0.2, 0) is 33.3 Å². The highest BCUT2D eigenvalue weighted by Gasteiger charge is 2.36. The Labute approximate surface area is 329 Å². The van der Waals surface area contributed by atoms with Gasteiger partial charge in [-0.1, -0.05) is 56.5 Å². The van der Waals surface area contributed by atoms with Gasteiger partial charge in [0.2, 0.25) is 0 Å². The summed E-state index contributed by atoms with van der Waals surface area (Å²) in [7, 11) is 1.65. The van der Waals surface area contributed by atoms with E-state index in [0.717, 1.165) is 64.2 Å². The molecule has 9 nitrogen and oxygen atoms in total. The second kappa shape index (κ2) is 22.8. The van der Waals surface area contributed by atoms with Crippen LogP contribution in [0.2, 0.25) is 5.02 Å². The predicted octanol–water partition coefficient (Wildman–Crippen LogP) is 10.5. The molecule has 0 aliphatic heterocycles. The first-order valence-corrected chi connectivity index (χ1v) is 20.0. The Morgan fingerprint density at radius 2 is 1.02 bits per heavy atom. The molecule has 0 amide bonds. The van der Waals surface area contributed by atoms with Crippen molar-refractivity contribution in [2.24, 2.45) is 10.8 Å². The molecule has 0 spiro atoms. The van der Waals surface area contributed by atoms with Gasteiger partial charge in [0.15, 0.2) is 11.4 Å². The average molecular weight is 773 g/mol. The number of methoxy groups -OCH3 is 1. The zero-order valence-corrected chi connectivity index (χ0v) is 35.0. The molecular weight excluding hydrogens is 708 g/mol. The molecule has 2 atom stereocenters. The molecule has 2 rings (SSSR count). The van der Waals surface area contributed by atoms with Gasteiger partial charge in [-0.25, -0.2) is 4.79 Å². The third-order valence-electron chi connectivity index (χ3n) is 9.80. The van der Waals surface area contributed by atoms with E-state index in [1.165, 1.54) is 0 Å². The van der Waals surface area contributed by atoms with Crippen LogP contribution in [0, 0.1) is 10.8 Å². The van der Waals surface area contributed by atoms with Gasteiger partial charge in [0.25, 0.3) is 0 Å². The zero-order valence-electron chi connectivity index (χ0n) is 34.2. The lowest BCUT2D eigenvalue weighted by Crippen LogP contribution is -2.44. The van der Waals surface area contributed by atoms with Crippen molar-refractivity contribution in [1.82, 2.24) is 0 Å². The van der Waals surface area contributed by atoms with Crippen molar-refractivity contribution in [3.63, 3.8) is 0 Å². The van der Waals surface area contributed by atoms with Crippen LogP contribution in [0.3, 0.4) is 0 Å². The van der Waals surface area contributed by atoms with Crippen molar-refractivity contribution in [1.29, 1.82) is 0 Å². The van der Waals surface area contributed by atoms with Crippen LogP contribution in [0.5, 0.6) is 5.75 Å². The van der Waals surface area contributed by atoms with E-state index in [2.05, 4.69) is 0 Å². The molecule has 2 aromatic rings. The molecule has 0 N–H and O–H groups in total. The quantitative estimate of drug-likeness (QED) is 0.0399. The molecule has 0 saturated carbocycles. The molecule has 10 heteroatoms. The van der Waals surface area contributed by atoms with Gasteiger partial charge < -0.3 is 23.7 Å². The number of benzene rings is 2. The van der Waals surface area contributed by atoms with Gasteiger partial charge in [0.05, 0.1) is 30.1 Å². The summed E-state index contributed by atoms with van der Waals surface area (Å²) in [6, 6.07) is 13.4. The second-order valence-electron chi connectivity index (χ2n) is 15.8. The highest BCUT2D eigenvalue weighted by Crippen LogP contribution is 2.29. The van der Waals surface area contributed by atoms with E-state index < -0.39 is 28.5 Å². The van der Waals surface area contributed by atoms with Crippen molar-refractivity contribution in [3.8, 4) is 5.75 Å². The van der Waals surface area contributed by atoms with Gasteiger partial charge in [-0.2, -0.15) is 0 Å². The fourth-order valence-corrected chi connectivity index (χ4v) is 6.35. The fourth-order valence-electron chi connectivity index (χ4n) is 6.22. The van der Waals surface area contributed by atoms with Gasteiger partial charge in [0.1, 0.15) is 11.9 Å². The normalized spacial score (nSPS) is 13.1. The number of rotatable bonds is 26. The van der Waals surface area contributed by atoms with Gasteiger partial charge >= 0.3 is 17.9 Å². The molecule has 0 fully saturated rings. The minimum absolute atomic E-state index is 0.145. The largest absolute Gasteiger partial charge is 0.476 e. The van der Waals surface area contributed by atoms with Gasteiger partial charge in [-0.15, -0.1) is 0 Å². The van der Waals surface area contributed by atoms with Gasteiger partial charge in [-0.05, 0) is 136 Å². The first-order valence-electron chi connectivity index (χ1n) is 19.6. The van der Waals surface area contributed by atoms with Crippen molar-refractivity contribution < 1.29 is 42.9 Å². The van der Waals surface area contributed by atoms with Crippen molar-refractivity contribution >= 4 is 35.3 Å². The number of carbonyl (C=O) groups is 4. The monoisotopic (exact) mass is 772 g/mol. The number of ether oxygens (including phenoxy) is 5. The van der Waals surface area contributed by atoms with Crippen molar-refractivity contribution in [2.45, 2.75) is 150 Å². The average Bonchev–Trinajstić information content (AvgIpc) is 3.12. The van der Waals surface area contributed by atoms with Gasteiger partial charge in [0, 0.05) is 23.3 Å². The van der Waals surface area contributed by atoms with E-state index in [9.17, 15) is 19.2 Å². The topological polar surface area (TPSA) is 114 Å². The summed E-state index contributed by atoms with van der Waals surface area (Å²) in [6.45, 7) is 15.4. The summed E-state index contributed by atoms with van der Waals surface area (Å²) >= 11 is 5.97. The van der Waals surface area contributed by atoms with E-state index in [0.29, 0.717) is 48.0 Å². The molecule has 0 unspecified atom stereocenters. The summed E-state index contributed by atoms with van der Waals surface area (Å²) in [5, 5.41) is 0.555. The Bertz CT molecular complexity index is 1450. The maximum atomic E-state index is 13.7. The Balaban J connectivity index is 2.04. The number of halogens is 1. The fraction of sp³-hybridized carbons (Fsp3) is 0.636. The summed E-state index contributed by atoms with van der Waals surface area (Å²) in [6.07, 6.45) is 9.35. The first-order chi connectivity index (χ1) is 25.5. The van der Waals surface area contributed by atoms with E-state index >= 15 is 0 Å². The molecule has 0 saturated heterocycles. The number of hydrogen-bond donors (Lipinski definition) is 0. The standard InChI is InChI=1S/C44H65ClO9/c1-10-51-39(47)42(3,4)30-18-14-12-16-20-36(50-9)37(21-17-13-15-19-31-43(5,6)40(48)52-11-2)53-41(49)44(7,8)54-35-28-24-33(25-29-35)38(46)32-22-26-34(45)27-23-32/h22-29,36-37H,10-21,30-31H2,1-9H3/t36-,37+/m1/s1. The lowest BCUT2D eigenvalue weighted by atomic mass is 9.86. The molecule has 0 aliphatic rings. The molecule has 0 aromatic heterocycles. The van der Waals surface area contributed by atoms with Crippen LogP contribution in [0.4, 0.5) is 0 Å². The summed E-state index contributed by atoms with van der Waals surface area (Å²) in [5.74, 6) is -0.553. The van der Waals surface area contributed by atoms with E-state index in [1.54, 1.807) is 69.5 Å². The van der Waals surface area contributed by atoms with Crippen LogP contribution in [0.25, 0.3) is 0 Å². The van der Waals surface area contributed by atoms with Crippen LogP contribution < -0.4 is 4.74 Å².